The Morgan fingerprint density at radius 3 is 1.90 bits per heavy atom. The zero-order chi connectivity index (χ0) is 15.0. The quantitative estimate of drug-likeness (QED) is 0.606. The van der Waals surface area contributed by atoms with E-state index in [2.05, 4.69) is 9.98 Å². The van der Waals surface area contributed by atoms with Crippen LogP contribution in [0.25, 0.3) is 0 Å². The zero-order valence-corrected chi connectivity index (χ0v) is 11.9. The number of hydrogen-bond donors (Lipinski definition) is 0. The van der Waals surface area contributed by atoms with E-state index < -0.39 is 4.99 Å². The van der Waals surface area contributed by atoms with Crippen LogP contribution in [-0.4, -0.2) is 12.2 Å². The minimum absolute atomic E-state index is 0.548. The molecule has 21 heavy (non-hydrogen) atoms. The molecule has 0 saturated carbocycles. The molecule has 0 aromatic heterocycles. The monoisotopic (exact) mass is 296 g/mol. The smallest absolute Gasteiger partial charge is 0.211 e. The minimum Gasteiger partial charge on any atom is -0.211 e. The maximum atomic E-state index is 10.8. The van der Waals surface area contributed by atoms with E-state index in [-0.39, 0.29) is 0 Å². The van der Waals surface area contributed by atoms with Crippen molar-refractivity contribution in [1.82, 2.24) is 0 Å². The summed E-state index contributed by atoms with van der Waals surface area (Å²) >= 11 is 1.27. The van der Waals surface area contributed by atoms with Crippen molar-refractivity contribution in [3.63, 3.8) is 0 Å². The number of carbonyl (C=O) groups excluding carboxylic acids is 2. The van der Waals surface area contributed by atoms with E-state index in [9.17, 15) is 9.59 Å². The number of rotatable bonds is 6. The van der Waals surface area contributed by atoms with Crippen LogP contribution in [-0.2, 0) is 20.3 Å². The van der Waals surface area contributed by atoms with Gasteiger partial charge in [-0.15, -0.1) is 0 Å². The fourth-order valence-corrected chi connectivity index (χ4v) is 2.91. The van der Waals surface area contributed by atoms with Crippen LogP contribution in [0.4, 0.5) is 0 Å². The van der Waals surface area contributed by atoms with Gasteiger partial charge in [0.1, 0.15) is 0 Å². The van der Waals surface area contributed by atoms with E-state index in [1.54, 1.807) is 24.3 Å². The van der Waals surface area contributed by atoms with Crippen LogP contribution in [0.2, 0.25) is 0 Å². The van der Waals surface area contributed by atoms with Crippen molar-refractivity contribution in [3.05, 3.63) is 71.8 Å². The summed E-state index contributed by atoms with van der Waals surface area (Å²) in [6.45, 7) is 0. The lowest BCUT2D eigenvalue weighted by Gasteiger charge is -2.21. The normalized spacial score (nSPS) is 12.6. The second kappa shape index (κ2) is 7.36. The van der Waals surface area contributed by atoms with Gasteiger partial charge in [-0.05, 0) is 5.56 Å². The number of isocyanates is 2. The van der Waals surface area contributed by atoms with Gasteiger partial charge < -0.3 is 0 Å². The van der Waals surface area contributed by atoms with Crippen LogP contribution in [0, 0.1) is 0 Å². The average Bonchev–Trinajstić information content (AvgIpc) is 2.55. The summed E-state index contributed by atoms with van der Waals surface area (Å²) < 4.78 is 0. The second-order valence-electron chi connectivity index (χ2n) is 4.15. The molecule has 0 radical (unpaired) electrons. The third-order valence-corrected chi connectivity index (χ3v) is 4.13. The molecule has 0 bridgehead atoms. The first-order chi connectivity index (χ1) is 10.3. The molecule has 2 rings (SSSR count). The van der Waals surface area contributed by atoms with Crippen molar-refractivity contribution in [3.8, 4) is 0 Å². The molecule has 0 fully saturated rings. The molecule has 4 nitrogen and oxygen atoms in total. The standard InChI is InChI=1S/C16H12N2O2S/c19-12-17-16(18-13-20,15-9-5-2-6-10-15)21-11-14-7-3-1-4-8-14/h1-10H,11H2. The molecular formula is C16H12N2O2S. The Morgan fingerprint density at radius 1 is 0.857 bits per heavy atom. The topological polar surface area (TPSA) is 58.9 Å². The summed E-state index contributed by atoms with van der Waals surface area (Å²) in [5, 5.41) is 0. The summed E-state index contributed by atoms with van der Waals surface area (Å²) in [6, 6.07) is 18.6. The highest BCUT2D eigenvalue weighted by Gasteiger charge is 2.32. The molecule has 0 aliphatic carbocycles. The van der Waals surface area contributed by atoms with Gasteiger partial charge in [-0.2, -0.15) is 9.98 Å². The first-order valence-corrected chi connectivity index (χ1v) is 7.21. The van der Waals surface area contributed by atoms with Gasteiger partial charge >= 0.3 is 0 Å². The maximum absolute atomic E-state index is 10.8. The number of thioether (sulfide) groups is 1. The highest BCUT2D eigenvalue weighted by molar-refractivity contribution is 7.99. The number of aliphatic imine (C=N–C) groups is 2. The summed E-state index contributed by atoms with van der Waals surface area (Å²) in [6.07, 6.45) is 3.02. The molecule has 0 aliphatic rings. The average molecular weight is 296 g/mol. The van der Waals surface area contributed by atoms with Gasteiger partial charge in [-0.1, -0.05) is 72.4 Å². The van der Waals surface area contributed by atoms with Crippen molar-refractivity contribution < 1.29 is 9.59 Å². The van der Waals surface area contributed by atoms with Crippen LogP contribution in [0.15, 0.2) is 70.6 Å². The van der Waals surface area contributed by atoms with Crippen LogP contribution in [0.5, 0.6) is 0 Å². The molecule has 5 heteroatoms. The van der Waals surface area contributed by atoms with Crippen molar-refractivity contribution in [1.29, 1.82) is 0 Å². The fourth-order valence-electron chi connectivity index (χ4n) is 1.84. The van der Waals surface area contributed by atoms with Gasteiger partial charge in [0.25, 0.3) is 0 Å². The van der Waals surface area contributed by atoms with Crippen LogP contribution in [0.3, 0.4) is 0 Å². The molecular weight excluding hydrogens is 284 g/mol. The van der Waals surface area contributed by atoms with Gasteiger partial charge in [0.2, 0.25) is 17.2 Å². The van der Waals surface area contributed by atoms with Crippen molar-refractivity contribution in [2.75, 3.05) is 0 Å². The zero-order valence-electron chi connectivity index (χ0n) is 11.1. The van der Waals surface area contributed by atoms with Crippen molar-refractivity contribution in [2.45, 2.75) is 10.7 Å². The molecule has 0 unspecified atom stereocenters. The van der Waals surface area contributed by atoms with E-state index in [1.165, 1.54) is 23.9 Å². The maximum Gasteiger partial charge on any atom is 0.246 e. The van der Waals surface area contributed by atoms with E-state index in [0.717, 1.165) is 5.56 Å². The van der Waals surface area contributed by atoms with Gasteiger partial charge in [0.15, 0.2) is 0 Å². The molecule has 2 aromatic rings. The molecule has 0 spiro atoms. The third kappa shape index (κ3) is 3.77. The number of nitrogens with zero attached hydrogens (tertiary/aromatic N) is 2. The van der Waals surface area contributed by atoms with E-state index >= 15 is 0 Å². The molecule has 0 saturated heterocycles. The lowest BCUT2D eigenvalue weighted by molar-refractivity contribution is 0.545. The SMILES string of the molecule is O=C=NC(N=C=O)(SCc1ccccc1)c1ccccc1. The molecule has 0 aliphatic heterocycles. The Bertz CT molecular complexity index is 658. The lowest BCUT2D eigenvalue weighted by Crippen LogP contribution is -2.16. The third-order valence-electron chi connectivity index (χ3n) is 2.83. The van der Waals surface area contributed by atoms with Crippen LogP contribution < -0.4 is 0 Å². The summed E-state index contributed by atoms with van der Waals surface area (Å²) in [7, 11) is 0. The van der Waals surface area contributed by atoms with Gasteiger partial charge in [0.05, 0.1) is 0 Å². The Kier molecular flexibility index (Phi) is 5.24. The number of benzene rings is 2. The second-order valence-corrected chi connectivity index (χ2v) is 5.30. The van der Waals surface area contributed by atoms with E-state index in [4.69, 9.17) is 0 Å². The summed E-state index contributed by atoms with van der Waals surface area (Å²) in [5.41, 5.74) is 1.68. The Morgan fingerprint density at radius 2 is 1.38 bits per heavy atom. The Labute approximate surface area is 126 Å². The lowest BCUT2D eigenvalue weighted by atomic mass is 10.2. The molecule has 104 valence electrons. The molecule has 0 atom stereocenters. The van der Waals surface area contributed by atoms with Gasteiger partial charge in [0, 0.05) is 11.3 Å². The molecule has 2 aromatic carbocycles. The Balaban J connectivity index is 2.36. The van der Waals surface area contributed by atoms with Crippen LogP contribution in [0.1, 0.15) is 11.1 Å². The molecule has 0 amide bonds. The first kappa shape index (κ1) is 14.9. The molecule has 0 N–H and O–H groups in total. The van der Waals surface area contributed by atoms with Crippen molar-refractivity contribution >= 4 is 23.9 Å². The predicted octanol–water partition coefficient (Wildman–Crippen LogP) is 3.40. The number of hydrogen-bond acceptors (Lipinski definition) is 5. The van der Waals surface area contributed by atoms with Gasteiger partial charge in [-0.3, -0.25) is 0 Å². The minimum atomic E-state index is -1.33. The molecule has 0 heterocycles. The Hall–Kier alpha value is -2.45. The highest BCUT2D eigenvalue weighted by Crippen LogP contribution is 2.40. The van der Waals surface area contributed by atoms with Crippen molar-refractivity contribution in [2.24, 2.45) is 9.98 Å². The van der Waals surface area contributed by atoms with Crippen LogP contribution >= 0.6 is 11.8 Å². The van der Waals surface area contributed by atoms with E-state index in [1.807, 2.05) is 36.4 Å². The fraction of sp³-hybridized carbons (Fsp3) is 0.125. The van der Waals surface area contributed by atoms with Gasteiger partial charge in [-0.25, -0.2) is 9.59 Å². The summed E-state index contributed by atoms with van der Waals surface area (Å²) in [4.78, 5) is 27.8. The largest absolute Gasteiger partial charge is 0.246 e. The van der Waals surface area contributed by atoms with E-state index in [0.29, 0.717) is 11.3 Å². The summed E-state index contributed by atoms with van der Waals surface area (Å²) in [5.74, 6) is 0.548. The first-order valence-electron chi connectivity index (χ1n) is 6.22. The predicted molar refractivity (Wildman–Crippen MR) is 82.1 cm³/mol. The highest BCUT2D eigenvalue weighted by atomic mass is 32.2.